The average Bonchev–Trinajstić information content (AvgIpc) is 3.16. The van der Waals surface area contributed by atoms with Gasteiger partial charge >= 0.3 is 0 Å². The Morgan fingerprint density at radius 1 is 1.29 bits per heavy atom. The van der Waals surface area contributed by atoms with Crippen molar-refractivity contribution in [2.24, 2.45) is 5.41 Å². The molecular weight excluding hydrogens is 436 g/mol. The standard InChI is InChI=1S/C24H36N6O4/c1-13(2)22-26-14(3)19(34-22)10-25-21(32)18-9-16(31)11-29(18)23(33)20(24(4,5)6)30-12-17(27-28-30)15-7-8-15/h12-13,15-16,18,20,31H,7-11H2,1-6H3,(H,25,32)/t16-,18+,20-/m1/s1. The van der Waals surface area contributed by atoms with Crippen molar-refractivity contribution >= 4 is 11.8 Å². The summed E-state index contributed by atoms with van der Waals surface area (Å²) < 4.78 is 7.40. The van der Waals surface area contributed by atoms with Crippen LogP contribution in [-0.4, -0.2) is 60.5 Å². The zero-order chi connectivity index (χ0) is 24.8. The van der Waals surface area contributed by atoms with Gasteiger partial charge in [-0.1, -0.05) is 39.8 Å². The summed E-state index contributed by atoms with van der Waals surface area (Å²) in [4.78, 5) is 32.8. The van der Waals surface area contributed by atoms with Crippen LogP contribution in [0, 0.1) is 12.3 Å². The van der Waals surface area contributed by atoms with Crippen molar-refractivity contribution in [3.05, 3.63) is 29.2 Å². The third kappa shape index (κ3) is 5.01. The highest BCUT2D eigenvalue weighted by atomic mass is 16.4. The third-order valence-electron chi connectivity index (χ3n) is 6.53. The van der Waals surface area contributed by atoms with E-state index in [-0.39, 0.29) is 37.2 Å². The van der Waals surface area contributed by atoms with E-state index in [0.29, 0.717) is 17.6 Å². The SMILES string of the molecule is Cc1nc(C(C)C)oc1CNC(=O)[C@@H]1C[C@@H](O)CN1C(=O)[C@@H](n1cc(C2CC2)nn1)C(C)(C)C. The predicted octanol–water partition coefficient (Wildman–Crippen LogP) is 2.44. The van der Waals surface area contributed by atoms with E-state index in [2.05, 4.69) is 20.6 Å². The van der Waals surface area contributed by atoms with Crippen LogP contribution in [0.3, 0.4) is 0 Å². The van der Waals surface area contributed by atoms with Gasteiger partial charge in [-0.3, -0.25) is 9.59 Å². The van der Waals surface area contributed by atoms with Crippen LogP contribution in [0.1, 0.15) is 94.8 Å². The molecule has 2 aromatic rings. The van der Waals surface area contributed by atoms with Gasteiger partial charge < -0.3 is 19.7 Å². The monoisotopic (exact) mass is 472 g/mol. The summed E-state index contributed by atoms with van der Waals surface area (Å²) in [6.07, 6.45) is 3.46. The van der Waals surface area contributed by atoms with Crippen molar-refractivity contribution in [3.63, 3.8) is 0 Å². The first-order chi connectivity index (χ1) is 16.0. The van der Waals surface area contributed by atoms with Crippen LogP contribution >= 0.6 is 0 Å². The summed E-state index contributed by atoms with van der Waals surface area (Å²) in [5, 5.41) is 21.8. The molecule has 1 aliphatic heterocycles. The first-order valence-corrected chi connectivity index (χ1v) is 12.1. The van der Waals surface area contributed by atoms with Gasteiger partial charge in [0.1, 0.15) is 17.8 Å². The number of aromatic nitrogens is 4. The number of likely N-dealkylation sites (tertiary alicyclic amines) is 1. The number of nitrogens with one attached hydrogen (secondary N) is 1. The number of carbonyl (C=O) groups is 2. The van der Waals surface area contributed by atoms with E-state index in [0.717, 1.165) is 24.2 Å². The Morgan fingerprint density at radius 2 is 2.00 bits per heavy atom. The molecule has 186 valence electrons. The number of hydrogen-bond donors (Lipinski definition) is 2. The Bertz CT molecular complexity index is 1050. The molecule has 10 nitrogen and oxygen atoms in total. The molecule has 34 heavy (non-hydrogen) atoms. The van der Waals surface area contributed by atoms with Crippen molar-refractivity contribution < 1.29 is 19.1 Å². The normalized spacial score (nSPS) is 21.8. The smallest absolute Gasteiger partial charge is 0.248 e. The van der Waals surface area contributed by atoms with Crippen LogP contribution in [0.5, 0.6) is 0 Å². The molecular formula is C24H36N6O4. The summed E-state index contributed by atoms with van der Waals surface area (Å²) >= 11 is 0. The van der Waals surface area contributed by atoms with Gasteiger partial charge in [-0.05, 0) is 25.2 Å². The van der Waals surface area contributed by atoms with E-state index in [9.17, 15) is 14.7 Å². The maximum Gasteiger partial charge on any atom is 0.248 e. The molecule has 0 spiro atoms. The lowest BCUT2D eigenvalue weighted by molar-refractivity contribution is -0.144. The van der Waals surface area contributed by atoms with Gasteiger partial charge in [-0.25, -0.2) is 9.67 Å². The summed E-state index contributed by atoms with van der Waals surface area (Å²) in [5.74, 6) is 1.23. The molecule has 0 unspecified atom stereocenters. The van der Waals surface area contributed by atoms with Crippen molar-refractivity contribution in [1.29, 1.82) is 0 Å². The maximum absolute atomic E-state index is 13.8. The minimum atomic E-state index is -0.772. The molecule has 0 bridgehead atoms. The Morgan fingerprint density at radius 3 is 2.59 bits per heavy atom. The molecule has 2 N–H and O–H groups in total. The van der Waals surface area contributed by atoms with Crippen molar-refractivity contribution in [2.75, 3.05) is 6.54 Å². The van der Waals surface area contributed by atoms with Crippen LogP contribution in [0.4, 0.5) is 0 Å². The highest BCUT2D eigenvalue weighted by Crippen LogP contribution is 2.40. The Hall–Kier alpha value is -2.75. The van der Waals surface area contributed by atoms with Gasteiger partial charge in [0.2, 0.25) is 11.8 Å². The van der Waals surface area contributed by atoms with Gasteiger partial charge in [0.25, 0.3) is 0 Å². The number of carbonyl (C=O) groups excluding carboxylic acids is 2. The number of β-amino-alcohol motifs (C(OH)–C–C–N with tert-alkyl or cyclic N) is 1. The molecule has 4 rings (SSSR count). The quantitative estimate of drug-likeness (QED) is 0.634. The summed E-state index contributed by atoms with van der Waals surface area (Å²) in [6, 6.07) is -1.41. The number of oxazole rings is 1. The predicted molar refractivity (Wildman–Crippen MR) is 124 cm³/mol. The van der Waals surface area contributed by atoms with E-state index in [1.165, 1.54) is 4.90 Å². The zero-order valence-corrected chi connectivity index (χ0v) is 20.9. The average molecular weight is 473 g/mol. The topological polar surface area (TPSA) is 126 Å². The molecule has 3 heterocycles. The Kier molecular flexibility index (Phi) is 6.54. The second-order valence-corrected chi connectivity index (χ2v) is 11.0. The van der Waals surface area contributed by atoms with Gasteiger partial charge in [0.05, 0.1) is 24.0 Å². The number of hydrogen-bond acceptors (Lipinski definition) is 7. The molecule has 3 atom stereocenters. The van der Waals surface area contributed by atoms with Crippen LogP contribution in [-0.2, 0) is 16.1 Å². The molecule has 1 aliphatic carbocycles. The minimum absolute atomic E-state index is 0.104. The first kappa shape index (κ1) is 24.4. The van der Waals surface area contributed by atoms with Crippen molar-refractivity contribution in [1.82, 2.24) is 30.2 Å². The Balaban J connectivity index is 1.50. The molecule has 2 amide bonds. The molecule has 1 saturated carbocycles. The van der Waals surface area contributed by atoms with Crippen LogP contribution in [0.25, 0.3) is 0 Å². The van der Waals surface area contributed by atoms with Crippen molar-refractivity contribution in [3.8, 4) is 0 Å². The lowest BCUT2D eigenvalue weighted by atomic mass is 9.85. The fourth-order valence-corrected chi connectivity index (χ4v) is 4.47. The number of aryl methyl sites for hydroxylation is 1. The molecule has 0 aromatic carbocycles. The molecule has 10 heteroatoms. The van der Waals surface area contributed by atoms with Crippen molar-refractivity contribution in [2.45, 2.75) is 97.4 Å². The summed E-state index contributed by atoms with van der Waals surface area (Å²) in [6.45, 7) is 12.0. The van der Waals surface area contributed by atoms with Crippen LogP contribution < -0.4 is 5.32 Å². The second kappa shape index (κ2) is 9.13. The summed E-state index contributed by atoms with van der Waals surface area (Å²) in [5.41, 5.74) is 1.17. The lowest BCUT2D eigenvalue weighted by Gasteiger charge is -2.34. The minimum Gasteiger partial charge on any atom is -0.443 e. The van der Waals surface area contributed by atoms with E-state index in [1.54, 1.807) is 4.68 Å². The van der Waals surface area contributed by atoms with Gasteiger partial charge in [0.15, 0.2) is 5.89 Å². The number of nitrogens with zero attached hydrogens (tertiary/aromatic N) is 5. The fraction of sp³-hybridized carbons (Fsp3) is 0.708. The number of aliphatic hydroxyl groups is 1. The number of amides is 2. The fourth-order valence-electron chi connectivity index (χ4n) is 4.47. The van der Waals surface area contributed by atoms with Gasteiger partial charge in [-0.2, -0.15) is 0 Å². The van der Waals surface area contributed by atoms with E-state index < -0.39 is 23.6 Å². The maximum atomic E-state index is 13.8. The van der Waals surface area contributed by atoms with E-state index >= 15 is 0 Å². The summed E-state index contributed by atoms with van der Waals surface area (Å²) in [7, 11) is 0. The lowest BCUT2D eigenvalue weighted by Crippen LogP contribution is -2.50. The second-order valence-electron chi connectivity index (χ2n) is 11.0. The Labute approximate surface area is 200 Å². The zero-order valence-electron chi connectivity index (χ0n) is 20.9. The highest BCUT2D eigenvalue weighted by molar-refractivity contribution is 5.90. The van der Waals surface area contributed by atoms with Gasteiger partial charge in [-0.15, -0.1) is 5.10 Å². The number of rotatable bonds is 7. The highest BCUT2D eigenvalue weighted by Gasteiger charge is 2.45. The molecule has 2 aromatic heterocycles. The third-order valence-corrected chi connectivity index (χ3v) is 6.53. The van der Waals surface area contributed by atoms with Crippen LogP contribution in [0.15, 0.2) is 10.6 Å². The van der Waals surface area contributed by atoms with E-state index in [1.807, 2.05) is 47.7 Å². The van der Waals surface area contributed by atoms with Gasteiger partial charge in [0, 0.05) is 31.0 Å². The van der Waals surface area contributed by atoms with E-state index in [4.69, 9.17) is 4.42 Å². The molecule has 1 saturated heterocycles. The molecule has 2 aliphatic rings. The largest absolute Gasteiger partial charge is 0.443 e. The molecule has 2 fully saturated rings. The number of aliphatic hydroxyl groups excluding tert-OH is 1. The first-order valence-electron chi connectivity index (χ1n) is 12.1. The van der Waals surface area contributed by atoms with Crippen LogP contribution in [0.2, 0.25) is 0 Å². The molecule has 0 radical (unpaired) electrons.